The number of carbonyl (C=O) groups is 1. The number of amides is 1. The van der Waals surface area contributed by atoms with E-state index in [0.717, 1.165) is 30.8 Å². The Kier molecular flexibility index (Phi) is 4.20. The predicted octanol–water partition coefficient (Wildman–Crippen LogP) is 1.65. The third kappa shape index (κ3) is 3.23. The number of nitrogens with two attached hydrogens (primary N) is 1. The Balaban J connectivity index is 1.94. The van der Waals surface area contributed by atoms with Gasteiger partial charge in [-0.25, -0.2) is 0 Å². The van der Waals surface area contributed by atoms with E-state index >= 15 is 0 Å². The highest BCUT2D eigenvalue weighted by Gasteiger charge is 2.14. The van der Waals surface area contributed by atoms with Gasteiger partial charge in [0.25, 0.3) is 5.91 Å². The molecule has 4 N–H and O–H groups in total. The van der Waals surface area contributed by atoms with Crippen molar-refractivity contribution in [1.29, 1.82) is 0 Å². The van der Waals surface area contributed by atoms with Gasteiger partial charge in [-0.15, -0.1) is 0 Å². The zero-order valence-corrected chi connectivity index (χ0v) is 10.8. The second-order valence-electron chi connectivity index (χ2n) is 4.92. The number of hydrogen-bond acceptors (Lipinski definition) is 3. The molecule has 0 aliphatic carbocycles. The number of nitrogens with one attached hydrogen (secondary N) is 2. The highest BCUT2D eigenvalue weighted by atomic mass is 16.1. The van der Waals surface area contributed by atoms with Crippen molar-refractivity contribution in [3.63, 3.8) is 0 Å². The van der Waals surface area contributed by atoms with Crippen LogP contribution >= 0.6 is 0 Å². The lowest BCUT2D eigenvalue weighted by Crippen LogP contribution is -2.24. The fourth-order valence-electron chi connectivity index (χ4n) is 2.40. The van der Waals surface area contributed by atoms with Crippen LogP contribution in [-0.4, -0.2) is 25.0 Å². The summed E-state index contributed by atoms with van der Waals surface area (Å²) in [5, 5.41) is 6.78. The minimum Gasteiger partial charge on any atom is -0.384 e. The number of benzene rings is 1. The summed E-state index contributed by atoms with van der Waals surface area (Å²) in [5.41, 5.74) is 7.91. The van der Waals surface area contributed by atoms with Crippen molar-refractivity contribution in [2.45, 2.75) is 32.2 Å². The molecule has 4 heteroatoms. The Morgan fingerprint density at radius 2 is 2.39 bits per heavy atom. The largest absolute Gasteiger partial charge is 0.384 e. The molecule has 1 heterocycles. The first-order valence-electron chi connectivity index (χ1n) is 6.54. The monoisotopic (exact) mass is 247 g/mol. The van der Waals surface area contributed by atoms with Gasteiger partial charge in [0.05, 0.1) is 5.56 Å². The molecule has 2 rings (SSSR count). The summed E-state index contributed by atoms with van der Waals surface area (Å²) in [7, 11) is 0. The quantitative estimate of drug-likeness (QED) is 0.741. The maximum Gasteiger partial charge on any atom is 0.250 e. The van der Waals surface area contributed by atoms with Crippen LogP contribution in [-0.2, 0) is 0 Å². The Hall–Kier alpha value is -1.55. The summed E-state index contributed by atoms with van der Waals surface area (Å²) in [6.45, 7) is 4.00. The Labute approximate surface area is 108 Å². The molecule has 0 aromatic heterocycles. The van der Waals surface area contributed by atoms with E-state index in [1.165, 1.54) is 12.8 Å². The van der Waals surface area contributed by atoms with Gasteiger partial charge in [-0.3, -0.25) is 4.79 Å². The van der Waals surface area contributed by atoms with E-state index in [4.69, 9.17) is 5.73 Å². The zero-order valence-electron chi connectivity index (χ0n) is 10.8. The van der Waals surface area contributed by atoms with Crippen molar-refractivity contribution >= 4 is 11.6 Å². The third-order valence-corrected chi connectivity index (χ3v) is 3.41. The van der Waals surface area contributed by atoms with E-state index in [1.807, 2.05) is 19.1 Å². The molecule has 1 aromatic rings. The number of aryl methyl sites for hydroxylation is 1. The summed E-state index contributed by atoms with van der Waals surface area (Å²) in [6.07, 6.45) is 3.59. The number of anilines is 1. The van der Waals surface area contributed by atoms with E-state index in [1.54, 1.807) is 6.07 Å². The molecule has 0 radical (unpaired) electrons. The van der Waals surface area contributed by atoms with Gasteiger partial charge in [0.15, 0.2) is 0 Å². The predicted molar refractivity (Wildman–Crippen MR) is 73.8 cm³/mol. The van der Waals surface area contributed by atoms with Crippen LogP contribution in [0.25, 0.3) is 0 Å². The molecular formula is C14H21N3O. The first kappa shape index (κ1) is 12.9. The second kappa shape index (κ2) is 5.87. The summed E-state index contributed by atoms with van der Waals surface area (Å²) >= 11 is 0. The van der Waals surface area contributed by atoms with Crippen LogP contribution < -0.4 is 16.4 Å². The van der Waals surface area contributed by atoms with E-state index in [9.17, 15) is 4.79 Å². The number of primary amides is 1. The van der Waals surface area contributed by atoms with E-state index in [2.05, 4.69) is 10.6 Å². The number of carbonyl (C=O) groups excluding carboxylic acids is 1. The van der Waals surface area contributed by atoms with Crippen LogP contribution in [0.15, 0.2) is 18.2 Å². The highest BCUT2D eigenvalue weighted by molar-refractivity contribution is 5.98. The molecule has 98 valence electrons. The molecule has 1 aromatic carbocycles. The van der Waals surface area contributed by atoms with Crippen molar-refractivity contribution in [3.8, 4) is 0 Å². The maximum absolute atomic E-state index is 11.3. The van der Waals surface area contributed by atoms with Crippen LogP contribution in [0, 0.1) is 6.92 Å². The second-order valence-corrected chi connectivity index (χ2v) is 4.92. The molecule has 1 atom stereocenters. The minimum atomic E-state index is -0.378. The van der Waals surface area contributed by atoms with Crippen LogP contribution in [0.3, 0.4) is 0 Å². The molecule has 0 unspecified atom stereocenters. The molecule has 18 heavy (non-hydrogen) atoms. The normalized spacial score (nSPS) is 18.8. The molecule has 1 amide bonds. The molecule has 1 aliphatic heterocycles. The lowest BCUT2D eigenvalue weighted by atomic mass is 10.1. The van der Waals surface area contributed by atoms with Crippen molar-refractivity contribution in [2.24, 2.45) is 5.73 Å². The van der Waals surface area contributed by atoms with E-state index < -0.39 is 0 Å². The standard InChI is InChI=1S/C14H21N3O/c1-10-4-5-12(14(15)18)13(9-10)17-8-6-11-3-2-7-16-11/h4-5,9,11,16-17H,2-3,6-8H2,1H3,(H2,15,18)/t11-/m0/s1. The van der Waals surface area contributed by atoms with Crippen LogP contribution in [0.4, 0.5) is 5.69 Å². The fourth-order valence-corrected chi connectivity index (χ4v) is 2.40. The summed E-state index contributed by atoms with van der Waals surface area (Å²) in [5.74, 6) is -0.378. The van der Waals surface area contributed by atoms with Crippen molar-refractivity contribution in [2.75, 3.05) is 18.4 Å². The van der Waals surface area contributed by atoms with Crippen molar-refractivity contribution < 1.29 is 4.79 Å². The minimum absolute atomic E-state index is 0.378. The lowest BCUT2D eigenvalue weighted by Gasteiger charge is -2.14. The Morgan fingerprint density at radius 1 is 1.56 bits per heavy atom. The average Bonchev–Trinajstić information content (AvgIpc) is 2.82. The van der Waals surface area contributed by atoms with Crippen LogP contribution in [0.1, 0.15) is 35.2 Å². The van der Waals surface area contributed by atoms with Crippen LogP contribution in [0.2, 0.25) is 0 Å². The van der Waals surface area contributed by atoms with Gasteiger partial charge in [-0.2, -0.15) is 0 Å². The van der Waals surface area contributed by atoms with Crippen LogP contribution in [0.5, 0.6) is 0 Å². The molecule has 0 bridgehead atoms. The first-order valence-corrected chi connectivity index (χ1v) is 6.54. The molecule has 1 saturated heterocycles. The Bertz CT molecular complexity index is 425. The van der Waals surface area contributed by atoms with Crippen molar-refractivity contribution in [1.82, 2.24) is 5.32 Å². The summed E-state index contributed by atoms with van der Waals surface area (Å²) in [6, 6.07) is 6.28. The number of rotatable bonds is 5. The summed E-state index contributed by atoms with van der Waals surface area (Å²) < 4.78 is 0. The fraction of sp³-hybridized carbons (Fsp3) is 0.500. The van der Waals surface area contributed by atoms with Gasteiger partial charge < -0.3 is 16.4 Å². The third-order valence-electron chi connectivity index (χ3n) is 3.41. The average molecular weight is 247 g/mol. The number of hydrogen-bond donors (Lipinski definition) is 3. The molecule has 1 aliphatic rings. The molecule has 4 nitrogen and oxygen atoms in total. The summed E-state index contributed by atoms with van der Waals surface area (Å²) in [4.78, 5) is 11.3. The lowest BCUT2D eigenvalue weighted by molar-refractivity contribution is 0.100. The molecule has 0 spiro atoms. The topological polar surface area (TPSA) is 67.2 Å². The zero-order chi connectivity index (χ0) is 13.0. The Morgan fingerprint density at radius 3 is 3.06 bits per heavy atom. The molecule has 1 fully saturated rings. The van der Waals surface area contributed by atoms with Gasteiger partial charge in [-0.1, -0.05) is 6.07 Å². The first-order chi connectivity index (χ1) is 8.66. The molecular weight excluding hydrogens is 226 g/mol. The van der Waals surface area contributed by atoms with Gasteiger partial charge in [0, 0.05) is 18.3 Å². The van der Waals surface area contributed by atoms with Crippen molar-refractivity contribution in [3.05, 3.63) is 29.3 Å². The van der Waals surface area contributed by atoms with E-state index in [0.29, 0.717) is 11.6 Å². The van der Waals surface area contributed by atoms with Gasteiger partial charge in [0.1, 0.15) is 0 Å². The SMILES string of the molecule is Cc1ccc(C(N)=O)c(NCC[C@@H]2CCCN2)c1. The highest BCUT2D eigenvalue weighted by Crippen LogP contribution is 2.17. The van der Waals surface area contributed by atoms with Gasteiger partial charge in [0.2, 0.25) is 0 Å². The maximum atomic E-state index is 11.3. The van der Waals surface area contributed by atoms with Gasteiger partial charge >= 0.3 is 0 Å². The molecule has 0 saturated carbocycles. The van der Waals surface area contributed by atoms with E-state index in [-0.39, 0.29) is 5.91 Å². The van der Waals surface area contributed by atoms with Gasteiger partial charge in [-0.05, 0) is 50.4 Å². The smallest absolute Gasteiger partial charge is 0.250 e.